The van der Waals surface area contributed by atoms with Crippen LogP contribution in [0.4, 0.5) is 4.39 Å². The number of hydrazone groups is 1. The van der Waals surface area contributed by atoms with E-state index in [9.17, 15) is 14.3 Å². The fourth-order valence-corrected chi connectivity index (χ4v) is 5.40. The van der Waals surface area contributed by atoms with Gasteiger partial charge in [-0.1, -0.05) is 6.08 Å². The van der Waals surface area contributed by atoms with Gasteiger partial charge in [-0.3, -0.25) is 0 Å². The van der Waals surface area contributed by atoms with E-state index in [0.717, 1.165) is 3.57 Å². The molecule has 3 N–H and O–H groups in total. The third kappa shape index (κ3) is 8.21. The van der Waals surface area contributed by atoms with E-state index in [1.165, 1.54) is 12.3 Å². The van der Waals surface area contributed by atoms with Gasteiger partial charge < -0.3 is 10.2 Å². The predicted molar refractivity (Wildman–Crippen MR) is 138 cm³/mol. The summed E-state index contributed by atoms with van der Waals surface area (Å²) in [5.74, 6) is 0.572. The minimum absolute atomic E-state index is 0.0795. The minimum atomic E-state index is -0.717. The summed E-state index contributed by atoms with van der Waals surface area (Å²) in [6.07, 6.45) is 8.57. The van der Waals surface area contributed by atoms with E-state index in [1.807, 2.05) is 30.9 Å². The molecule has 2 heterocycles. The standard InChI is InChI=1S/C27H35FIN4O4/c1-17(2)13-24(27(36)32-25-12-11-19(31-25)7-5-8-20(35)16-34)33-18(3)14-21(15-30-33)37-26-22(28)9-6-10-23(26)29-4/h6,9-12,14-15,17,19-20,24,34-35H,3,5,7-8,13,16H2,1-2,4H3,(H,31,32,36)/q-1/t19?,20-,24?/m1/s1. The molecule has 2 aliphatic rings. The van der Waals surface area contributed by atoms with Crippen molar-refractivity contribution in [1.29, 1.82) is 0 Å². The molecule has 0 aromatic heterocycles. The maximum absolute atomic E-state index is 14.4. The molecule has 1 amide bonds. The van der Waals surface area contributed by atoms with Crippen molar-refractivity contribution in [2.45, 2.75) is 57.7 Å². The third-order valence-electron chi connectivity index (χ3n) is 5.83. The van der Waals surface area contributed by atoms with Crippen LogP contribution in [-0.2, 0) is 4.79 Å². The van der Waals surface area contributed by atoms with Crippen LogP contribution in [0, 0.1) is 15.3 Å². The Bertz CT molecular complexity index is 1100. The van der Waals surface area contributed by atoms with Gasteiger partial charge >= 0.3 is 174 Å². The van der Waals surface area contributed by atoms with Crippen molar-refractivity contribution in [2.24, 2.45) is 16.0 Å². The van der Waals surface area contributed by atoms with E-state index in [-0.39, 0.29) is 51.4 Å². The summed E-state index contributed by atoms with van der Waals surface area (Å²) < 4.78 is 21.1. The Labute approximate surface area is 227 Å². The number of nitrogens with one attached hydrogen (secondary N) is 1. The van der Waals surface area contributed by atoms with Crippen molar-refractivity contribution in [1.82, 2.24) is 10.3 Å². The normalized spacial score (nSPS) is 18.7. The molecule has 10 heteroatoms. The first-order valence-corrected chi connectivity index (χ1v) is 15.5. The molecule has 37 heavy (non-hydrogen) atoms. The van der Waals surface area contributed by atoms with Gasteiger partial charge in [0.1, 0.15) is 0 Å². The van der Waals surface area contributed by atoms with Gasteiger partial charge in [0.2, 0.25) is 0 Å². The van der Waals surface area contributed by atoms with Gasteiger partial charge in [-0.2, -0.15) is 0 Å². The molecule has 3 atom stereocenters. The van der Waals surface area contributed by atoms with Crippen LogP contribution < -0.4 is 31.3 Å². The van der Waals surface area contributed by atoms with Crippen molar-refractivity contribution < 1.29 is 45.3 Å². The van der Waals surface area contributed by atoms with E-state index < -0.39 is 18.0 Å². The number of para-hydroxylation sites is 1. The molecule has 0 bridgehead atoms. The first-order valence-electron chi connectivity index (χ1n) is 12.3. The monoisotopic (exact) mass is 625 g/mol. The van der Waals surface area contributed by atoms with Crippen molar-refractivity contribution in [3.8, 4) is 5.75 Å². The van der Waals surface area contributed by atoms with Crippen molar-refractivity contribution in [3.05, 3.63) is 63.8 Å². The second-order valence-corrected chi connectivity index (χ2v) is 11.6. The van der Waals surface area contributed by atoms with Crippen LogP contribution in [0.15, 0.2) is 64.6 Å². The fourth-order valence-electron chi connectivity index (χ4n) is 3.97. The van der Waals surface area contributed by atoms with Gasteiger partial charge in [-0.25, -0.2) is 0 Å². The average molecular weight is 626 g/mol. The van der Waals surface area contributed by atoms with Gasteiger partial charge in [0, 0.05) is 0 Å². The number of carbonyl (C=O) groups is 1. The molecule has 0 aliphatic carbocycles. The first kappa shape index (κ1) is 29.0. The number of rotatable bonds is 12. The van der Waals surface area contributed by atoms with Crippen molar-refractivity contribution in [2.75, 3.05) is 11.5 Å². The molecule has 2 aliphatic heterocycles. The quantitative estimate of drug-likeness (QED) is 0.227. The van der Waals surface area contributed by atoms with Gasteiger partial charge in [0.15, 0.2) is 0 Å². The molecule has 1 aromatic rings. The van der Waals surface area contributed by atoms with E-state index in [0.29, 0.717) is 43.0 Å². The summed E-state index contributed by atoms with van der Waals surface area (Å²) in [5, 5.41) is 27.3. The molecule has 0 fully saturated rings. The summed E-state index contributed by atoms with van der Waals surface area (Å²) in [7, 11) is 0. The number of benzene rings is 1. The number of halogens is 2. The SMILES string of the molecule is C=C1C=C(Oc2c(F)cccc2[I-]C)C=NN1C(CC(C)C)C(=O)NC1=NC(CCC[C@@H](O)CO)C=C1. The van der Waals surface area contributed by atoms with E-state index in [2.05, 4.69) is 22.0 Å². The summed E-state index contributed by atoms with van der Waals surface area (Å²) >= 11 is -0.387. The molecule has 3 rings (SSSR count). The Morgan fingerprint density at radius 3 is 2.84 bits per heavy atom. The molecule has 1 aromatic carbocycles. The number of ether oxygens (including phenoxy) is 1. The van der Waals surface area contributed by atoms with Crippen LogP contribution >= 0.6 is 0 Å². The number of alkyl halides is 1. The van der Waals surface area contributed by atoms with E-state index >= 15 is 0 Å². The van der Waals surface area contributed by atoms with Crippen molar-refractivity contribution in [3.63, 3.8) is 0 Å². The fraction of sp³-hybridized carbons (Fsp3) is 0.444. The minimum Gasteiger partial charge on any atom is -0.394 e. The van der Waals surface area contributed by atoms with Crippen LogP contribution in [0.25, 0.3) is 0 Å². The number of aliphatic hydroxyl groups excluding tert-OH is 2. The zero-order chi connectivity index (χ0) is 26.9. The molecule has 0 saturated carbocycles. The Morgan fingerprint density at radius 1 is 1.38 bits per heavy atom. The zero-order valence-electron chi connectivity index (χ0n) is 21.4. The number of hydrogen-bond donors (Lipinski definition) is 3. The molecule has 202 valence electrons. The summed E-state index contributed by atoms with van der Waals surface area (Å²) in [6.45, 7) is 7.87. The summed E-state index contributed by atoms with van der Waals surface area (Å²) in [4.78, 5) is 19.9. The Kier molecular flexibility index (Phi) is 10.8. The van der Waals surface area contributed by atoms with Crippen LogP contribution in [-0.4, -0.2) is 62.9 Å². The number of aliphatic imine (C=N–C) groups is 1. The van der Waals surface area contributed by atoms with Gasteiger partial charge in [-0.15, -0.1) is 0 Å². The molecule has 0 spiro atoms. The number of hydrogen-bond acceptors (Lipinski definition) is 7. The number of amides is 1. The van der Waals surface area contributed by atoms with Crippen molar-refractivity contribution >= 4 is 18.0 Å². The molecule has 2 unspecified atom stereocenters. The van der Waals surface area contributed by atoms with Gasteiger partial charge in [-0.05, 0) is 19.3 Å². The van der Waals surface area contributed by atoms with Crippen LogP contribution in [0.2, 0.25) is 0 Å². The average Bonchev–Trinajstić information content (AvgIpc) is 3.30. The third-order valence-corrected chi connectivity index (χ3v) is 7.84. The molecule has 0 radical (unpaired) electrons. The zero-order valence-corrected chi connectivity index (χ0v) is 23.6. The Balaban J connectivity index is 1.66. The number of allylic oxidation sites excluding steroid dienone is 2. The molecular weight excluding hydrogens is 590 g/mol. The number of carbonyl (C=O) groups excluding carboxylic acids is 1. The second-order valence-electron chi connectivity index (χ2n) is 9.31. The summed E-state index contributed by atoms with van der Waals surface area (Å²) in [6, 6.07) is 4.20. The maximum atomic E-state index is 14.4. The van der Waals surface area contributed by atoms with Gasteiger partial charge in [0.05, 0.1) is 18.8 Å². The predicted octanol–water partition coefficient (Wildman–Crippen LogP) is 0.183. The van der Waals surface area contributed by atoms with E-state index in [1.54, 1.807) is 23.2 Å². The second kappa shape index (κ2) is 13.8. The van der Waals surface area contributed by atoms with Crippen LogP contribution in [0.3, 0.4) is 0 Å². The first-order chi connectivity index (χ1) is 17.7. The summed E-state index contributed by atoms with van der Waals surface area (Å²) in [5.41, 5.74) is 0.464. The molecule has 8 nitrogen and oxygen atoms in total. The van der Waals surface area contributed by atoms with Gasteiger partial charge in [0.25, 0.3) is 0 Å². The number of aliphatic hydroxyl groups is 2. The van der Waals surface area contributed by atoms with Crippen LogP contribution in [0.5, 0.6) is 5.75 Å². The van der Waals surface area contributed by atoms with Crippen LogP contribution in [0.1, 0.15) is 39.5 Å². The Hall–Kier alpha value is -2.57. The molecule has 0 saturated heterocycles. The smallest absolute Gasteiger partial charge is 0.394 e. The Morgan fingerprint density at radius 2 is 2.16 bits per heavy atom. The number of amidine groups is 1. The number of nitrogens with zero attached hydrogens (tertiary/aromatic N) is 3. The van der Waals surface area contributed by atoms with E-state index in [4.69, 9.17) is 9.84 Å². The molecular formula is C27H35FIN4O4-. The topological polar surface area (TPSA) is 107 Å².